The molecule has 0 spiro atoms. The van der Waals surface area contributed by atoms with Crippen molar-refractivity contribution in [1.29, 1.82) is 0 Å². The zero-order valence-corrected chi connectivity index (χ0v) is 12.9. The van der Waals surface area contributed by atoms with Crippen LogP contribution in [0.15, 0.2) is 18.2 Å². The van der Waals surface area contributed by atoms with Gasteiger partial charge in [0.2, 0.25) is 5.91 Å². The topological polar surface area (TPSA) is 61.8 Å². The third-order valence-electron chi connectivity index (χ3n) is 3.84. The average Bonchev–Trinajstić information content (AvgIpc) is 2.44. The van der Waals surface area contributed by atoms with E-state index in [1.807, 2.05) is 37.8 Å². The smallest absolute Gasteiger partial charge is 0.238 e. The van der Waals surface area contributed by atoms with Crippen molar-refractivity contribution in [3.8, 4) is 0 Å². The quantitative estimate of drug-likeness (QED) is 0.879. The van der Waals surface area contributed by atoms with E-state index in [0.29, 0.717) is 19.7 Å². The summed E-state index contributed by atoms with van der Waals surface area (Å²) in [5, 5.41) is 12.1. The van der Waals surface area contributed by atoms with Crippen LogP contribution in [0.25, 0.3) is 0 Å². The molecule has 1 saturated heterocycles. The van der Waals surface area contributed by atoms with Gasteiger partial charge in [-0.05, 0) is 32.4 Å². The summed E-state index contributed by atoms with van der Waals surface area (Å²) in [4.78, 5) is 14.2. The van der Waals surface area contributed by atoms with E-state index in [2.05, 4.69) is 11.4 Å². The highest BCUT2D eigenvalue weighted by Crippen LogP contribution is 2.17. The molecule has 5 heteroatoms. The van der Waals surface area contributed by atoms with Crippen molar-refractivity contribution >= 4 is 11.6 Å². The zero-order chi connectivity index (χ0) is 15.4. The second kappa shape index (κ2) is 7.02. The zero-order valence-electron chi connectivity index (χ0n) is 12.9. The molecule has 2 rings (SSSR count). The molecule has 2 unspecified atom stereocenters. The molecule has 0 radical (unpaired) electrons. The number of hydrogen-bond acceptors (Lipinski definition) is 4. The van der Waals surface area contributed by atoms with Gasteiger partial charge in [-0.1, -0.05) is 17.7 Å². The third-order valence-corrected chi connectivity index (χ3v) is 3.84. The predicted molar refractivity (Wildman–Crippen MR) is 82.4 cm³/mol. The molecule has 2 N–H and O–H groups in total. The number of nitrogens with zero attached hydrogens (tertiary/aromatic N) is 1. The van der Waals surface area contributed by atoms with Crippen molar-refractivity contribution in [3.63, 3.8) is 0 Å². The normalized spacial score (nSPS) is 23.0. The summed E-state index contributed by atoms with van der Waals surface area (Å²) in [6.45, 7) is 7.47. The number of rotatable bonds is 4. The number of amides is 1. The molecule has 0 bridgehead atoms. The minimum absolute atomic E-state index is 0.0120. The summed E-state index contributed by atoms with van der Waals surface area (Å²) < 4.78 is 5.48. The van der Waals surface area contributed by atoms with Crippen molar-refractivity contribution in [1.82, 2.24) is 4.90 Å². The number of aliphatic hydroxyl groups is 1. The number of ether oxygens (including phenoxy) is 1. The fourth-order valence-corrected chi connectivity index (χ4v) is 2.53. The molecule has 1 fully saturated rings. The number of carbonyl (C=O) groups is 1. The van der Waals surface area contributed by atoms with Crippen molar-refractivity contribution in [2.24, 2.45) is 0 Å². The van der Waals surface area contributed by atoms with E-state index >= 15 is 0 Å². The van der Waals surface area contributed by atoms with Gasteiger partial charge in [0.1, 0.15) is 0 Å². The first-order valence-electron chi connectivity index (χ1n) is 7.33. The first-order chi connectivity index (χ1) is 9.99. The van der Waals surface area contributed by atoms with Crippen LogP contribution in [0.3, 0.4) is 0 Å². The Hall–Kier alpha value is -1.43. The minimum Gasteiger partial charge on any atom is -0.394 e. The molecule has 0 aliphatic carbocycles. The SMILES string of the molecule is Cc1ccc(NC(=O)CN2CC(CO)OCC2C)c(C)c1. The summed E-state index contributed by atoms with van der Waals surface area (Å²) in [6.07, 6.45) is -0.199. The molecule has 116 valence electrons. The Balaban J connectivity index is 1.94. The van der Waals surface area contributed by atoms with Crippen molar-refractivity contribution in [3.05, 3.63) is 29.3 Å². The summed E-state index contributed by atoms with van der Waals surface area (Å²) in [6, 6.07) is 6.15. The van der Waals surface area contributed by atoms with E-state index in [4.69, 9.17) is 4.74 Å². The minimum atomic E-state index is -0.199. The maximum absolute atomic E-state index is 12.2. The van der Waals surface area contributed by atoms with Crippen LogP contribution in [0, 0.1) is 13.8 Å². The van der Waals surface area contributed by atoms with E-state index in [1.54, 1.807) is 0 Å². The molecule has 1 aromatic carbocycles. The van der Waals surface area contributed by atoms with E-state index < -0.39 is 0 Å². The Morgan fingerprint density at radius 1 is 1.48 bits per heavy atom. The molecule has 1 heterocycles. The van der Waals surface area contributed by atoms with Gasteiger partial charge in [-0.25, -0.2) is 0 Å². The lowest BCUT2D eigenvalue weighted by Crippen LogP contribution is -2.51. The predicted octanol–water partition coefficient (Wildman–Crippen LogP) is 1.32. The molecule has 5 nitrogen and oxygen atoms in total. The van der Waals surface area contributed by atoms with Gasteiger partial charge in [-0.3, -0.25) is 9.69 Å². The van der Waals surface area contributed by atoms with E-state index in [0.717, 1.165) is 11.3 Å². The van der Waals surface area contributed by atoms with E-state index in [1.165, 1.54) is 5.56 Å². The van der Waals surface area contributed by atoms with E-state index in [9.17, 15) is 9.90 Å². The molecule has 2 atom stereocenters. The van der Waals surface area contributed by atoms with Crippen LogP contribution in [0.4, 0.5) is 5.69 Å². The number of aliphatic hydroxyl groups excluding tert-OH is 1. The number of carbonyl (C=O) groups excluding carboxylic acids is 1. The van der Waals surface area contributed by atoms with Crippen molar-refractivity contribution in [2.75, 3.05) is 31.6 Å². The van der Waals surface area contributed by atoms with Gasteiger partial charge in [0.25, 0.3) is 0 Å². The van der Waals surface area contributed by atoms with Crippen LogP contribution in [0.5, 0.6) is 0 Å². The lowest BCUT2D eigenvalue weighted by atomic mass is 10.1. The summed E-state index contributed by atoms with van der Waals surface area (Å²) in [5.74, 6) is -0.0348. The highest BCUT2D eigenvalue weighted by molar-refractivity contribution is 5.93. The first kappa shape index (κ1) is 15.9. The molecular weight excluding hydrogens is 268 g/mol. The van der Waals surface area contributed by atoms with Crippen LogP contribution in [-0.4, -0.2) is 54.4 Å². The highest BCUT2D eigenvalue weighted by Gasteiger charge is 2.27. The van der Waals surface area contributed by atoms with Crippen LogP contribution >= 0.6 is 0 Å². The van der Waals surface area contributed by atoms with Crippen LogP contribution < -0.4 is 5.32 Å². The fraction of sp³-hybridized carbons (Fsp3) is 0.562. The van der Waals surface area contributed by atoms with Crippen molar-refractivity contribution in [2.45, 2.75) is 32.9 Å². The highest BCUT2D eigenvalue weighted by atomic mass is 16.5. The maximum Gasteiger partial charge on any atom is 0.238 e. The summed E-state index contributed by atoms with van der Waals surface area (Å²) in [5.41, 5.74) is 3.09. The number of anilines is 1. The molecule has 1 aliphatic rings. The third kappa shape index (κ3) is 4.27. The number of morpholine rings is 1. The lowest BCUT2D eigenvalue weighted by molar-refractivity contribution is -0.122. The average molecular weight is 292 g/mol. The van der Waals surface area contributed by atoms with E-state index in [-0.39, 0.29) is 24.7 Å². The van der Waals surface area contributed by atoms with Crippen molar-refractivity contribution < 1.29 is 14.6 Å². The summed E-state index contributed by atoms with van der Waals surface area (Å²) in [7, 11) is 0. The van der Waals surface area contributed by atoms with Gasteiger partial charge in [-0.2, -0.15) is 0 Å². The molecule has 1 amide bonds. The Bertz CT molecular complexity index is 504. The monoisotopic (exact) mass is 292 g/mol. The Kier molecular flexibility index (Phi) is 5.33. The molecule has 1 aliphatic heterocycles. The number of nitrogens with one attached hydrogen (secondary N) is 1. The van der Waals surface area contributed by atoms with Gasteiger partial charge in [0.15, 0.2) is 0 Å². The van der Waals surface area contributed by atoms with Gasteiger partial charge in [0, 0.05) is 18.3 Å². The van der Waals surface area contributed by atoms with Crippen LogP contribution in [-0.2, 0) is 9.53 Å². The Morgan fingerprint density at radius 2 is 2.24 bits per heavy atom. The van der Waals surface area contributed by atoms with Gasteiger partial charge in [-0.15, -0.1) is 0 Å². The van der Waals surface area contributed by atoms with Gasteiger partial charge in [0.05, 0.1) is 25.9 Å². The molecule has 1 aromatic rings. The molecule has 0 aromatic heterocycles. The second-order valence-electron chi connectivity index (χ2n) is 5.78. The second-order valence-corrected chi connectivity index (χ2v) is 5.78. The standard InChI is InChI=1S/C16H24N2O3/c1-11-4-5-15(12(2)6-11)17-16(20)8-18-7-14(9-19)21-10-13(18)3/h4-6,13-14,19H,7-10H2,1-3H3,(H,17,20). The van der Waals surface area contributed by atoms with Crippen LogP contribution in [0.2, 0.25) is 0 Å². The largest absolute Gasteiger partial charge is 0.394 e. The number of hydrogen-bond donors (Lipinski definition) is 2. The first-order valence-corrected chi connectivity index (χ1v) is 7.33. The van der Waals surface area contributed by atoms with Crippen LogP contribution in [0.1, 0.15) is 18.1 Å². The van der Waals surface area contributed by atoms with Gasteiger partial charge >= 0.3 is 0 Å². The Morgan fingerprint density at radius 3 is 2.90 bits per heavy atom. The Labute approximate surface area is 125 Å². The number of aryl methyl sites for hydroxylation is 2. The summed E-state index contributed by atoms with van der Waals surface area (Å²) >= 11 is 0. The molecule has 21 heavy (non-hydrogen) atoms. The molecule has 0 saturated carbocycles. The lowest BCUT2D eigenvalue weighted by Gasteiger charge is -2.36. The fourth-order valence-electron chi connectivity index (χ4n) is 2.53. The number of benzene rings is 1. The van der Waals surface area contributed by atoms with Gasteiger partial charge < -0.3 is 15.2 Å². The maximum atomic E-state index is 12.2. The molecular formula is C16H24N2O3.